The van der Waals surface area contributed by atoms with Crippen LogP contribution in [0.4, 0.5) is 0 Å². The molecule has 6 nitrogen and oxygen atoms in total. The van der Waals surface area contributed by atoms with E-state index in [1.54, 1.807) is 35.1 Å². The topological polar surface area (TPSA) is 66.8 Å². The van der Waals surface area contributed by atoms with Crippen LogP contribution in [0.3, 0.4) is 0 Å². The molecular weight excluding hydrogens is 218 g/mol. The molecule has 90 valence electrons. The zero-order valence-corrected chi connectivity index (χ0v) is 10.1. The zero-order valence-electron chi connectivity index (χ0n) is 10.1. The first-order valence-electron chi connectivity index (χ1n) is 5.31. The van der Waals surface area contributed by atoms with Crippen molar-refractivity contribution in [1.29, 1.82) is 0 Å². The fraction of sp³-hybridized carbons (Fsp3) is 0.364. The number of hydrogen-bond donors (Lipinski definition) is 1. The van der Waals surface area contributed by atoms with Crippen molar-refractivity contribution < 1.29 is 4.79 Å². The van der Waals surface area contributed by atoms with E-state index >= 15 is 0 Å². The van der Waals surface area contributed by atoms with Gasteiger partial charge in [-0.15, -0.1) is 0 Å². The first-order valence-corrected chi connectivity index (χ1v) is 5.31. The van der Waals surface area contributed by atoms with Crippen LogP contribution in [0.1, 0.15) is 21.7 Å². The summed E-state index contributed by atoms with van der Waals surface area (Å²) in [5, 5.41) is 10.7. The van der Waals surface area contributed by atoms with E-state index in [1.807, 2.05) is 14.0 Å². The van der Waals surface area contributed by atoms with Gasteiger partial charge in [-0.3, -0.25) is 14.6 Å². The Bertz CT molecular complexity index is 494. The van der Waals surface area contributed by atoms with Gasteiger partial charge in [0.1, 0.15) is 0 Å². The molecule has 0 radical (unpaired) electrons. The van der Waals surface area contributed by atoms with Gasteiger partial charge < -0.3 is 4.90 Å². The van der Waals surface area contributed by atoms with Crippen molar-refractivity contribution in [2.75, 3.05) is 7.05 Å². The quantitative estimate of drug-likeness (QED) is 0.849. The summed E-state index contributed by atoms with van der Waals surface area (Å²) in [6.45, 7) is 2.44. The number of aryl methyl sites for hydroxylation is 2. The molecule has 2 aromatic heterocycles. The van der Waals surface area contributed by atoms with Gasteiger partial charge in [0.05, 0.1) is 6.20 Å². The Morgan fingerprint density at radius 1 is 1.59 bits per heavy atom. The minimum Gasteiger partial charge on any atom is -0.336 e. The third kappa shape index (κ3) is 2.35. The van der Waals surface area contributed by atoms with Crippen LogP contribution in [0.15, 0.2) is 18.5 Å². The van der Waals surface area contributed by atoms with Crippen LogP contribution in [0.25, 0.3) is 0 Å². The fourth-order valence-electron chi connectivity index (χ4n) is 1.57. The first-order chi connectivity index (χ1) is 8.08. The molecule has 0 aliphatic heterocycles. The third-order valence-corrected chi connectivity index (χ3v) is 2.65. The van der Waals surface area contributed by atoms with E-state index in [2.05, 4.69) is 15.3 Å². The Balaban J connectivity index is 2.09. The Labute approximate surface area is 99.2 Å². The number of hydrogen-bond acceptors (Lipinski definition) is 3. The number of aromatic amines is 1. The van der Waals surface area contributed by atoms with Crippen LogP contribution in [0.5, 0.6) is 0 Å². The van der Waals surface area contributed by atoms with E-state index in [4.69, 9.17) is 0 Å². The molecule has 0 aliphatic rings. The normalized spacial score (nSPS) is 10.5. The molecule has 0 fully saturated rings. The van der Waals surface area contributed by atoms with Crippen LogP contribution < -0.4 is 0 Å². The molecule has 0 saturated carbocycles. The Morgan fingerprint density at radius 3 is 2.88 bits per heavy atom. The van der Waals surface area contributed by atoms with Crippen molar-refractivity contribution in [2.45, 2.75) is 13.5 Å². The molecule has 0 unspecified atom stereocenters. The number of nitrogens with zero attached hydrogens (tertiary/aromatic N) is 4. The smallest absolute Gasteiger partial charge is 0.274 e. The Morgan fingerprint density at radius 2 is 2.35 bits per heavy atom. The van der Waals surface area contributed by atoms with Crippen LogP contribution >= 0.6 is 0 Å². The summed E-state index contributed by atoms with van der Waals surface area (Å²) >= 11 is 0. The Kier molecular flexibility index (Phi) is 2.95. The molecule has 0 bridgehead atoms. The summed E-state index contributed by atoms with van der Waals surface area (Å²) in [6.07, 6.45) is 3.47. The molecule has 0 saturated heterocycles. The van der Waals surface area contributed by atoms with Crippen molar-refractivity contribution in [3.8, 4) is 0 Å². The molecule has 1 amide bonds. The van der Waals surface area contributed by atoms with Gasteiger partial charge in [0.15, 0.2) is 5.69 Å². The van der Waals surface area contributed by atoms with E-state index in [9.17, 15) is 4.79 Å². The molecule has 0 atom stereocenters. The maximum absolute atomic E-state index is 12.1. The Hall–Kier alpha value is -2.11. The van der Waals surface area contributed by atoms with Gasteiger partial charge in [-0.1, -0.05) is 0 Å². The molecule has 6 heteroatoms. The molecule has 2 aromatic rings. The first kappa shape index (κ1) is 11.4. The number of carbonyl (C=O) groups excluding carboxylic acids is 1. The van der Waals surface area contributed by atoms with Crippen molar-refractivity contribution in [3.63, 3.8) is 0 Å². The summed E-state index contributed by atoms with van der Waals surface area (Å²) in [5.74, 6) is -0.0881. The minimum atomic E-state index is -0.0881. The van der Waals surface area contributed by atoms with Gasteiger partial charge in [0.2, 0.25) is 0 Å². The standard InChI is InChI=1S/C11H15N5O/c1-8-4-10(14-16(8)3)11(17)15(2)7-9-5-12-13-6-9/h4-6H,7H2,1-3H3,(H,12,13). The number of H-pyrrole nitrogens is 1. The fourth-order valence-corrected chi connectivity index (χ4v) is 1.57. The third-order valence-electron chi connectivity index (χ3n) is 2.65. The highest BCUT2D eigenvalue weighted by molar-refractivity contribution is 5.92. The molecular formula is C11H15N5O. The van der Waals surface area contributed by atoms with Gasteiger partial charge in [0.25, 0.3) is 5.91 Å². The highest BCUT2D eigenvalue weighted by Crippen LogP contribution is 2.07. The zero-order chi connectivity index (χ0) is 12.4. The molecule has 0 spiro atoms. The van der Waals surface area contributed by atoms with E-state index < -0.39 is 0 Å². The maximum Gasteiger partial charge on any atom is 0.274 e. The van der Waals surface area contributed by atoms with Gasteiger partial charge in [-0.05, 0) is 13.0 Å². The van der Waals surface area contributed by atoms with Crippen molar-refractivity contribution in [2.24, 2.45) is 7.05 Å². The predicted molar refractivity (Wildman–Crippen MR) is 62.3 cm³/mol. The number of carbonyl (C=O) groups is 1. The molecule has 0 aliphatic carbocycles. The highest BCUT2D eigenvalue weighted by atomic mass is 16.2. The average Bonchev–Trinajstić information content (AvgIpc) is 2.89. The van der Waals surface area contributed by atoms with Crippen LogP contribution in [-0.4, -0.2) is 37.8 Å². The lowest BCUT2D eigenvalue weighted by atomic mass is 10.3. The van der Waals surface area contributed by atoms with Gasteiger partial charge >= 0.3 is 0 Å². The lowest BCUT2D eigenvalue weighted by Crippen LogP contribution is -2.26. The predicted octanol–water partition coefficient (Wildman–Crippen LogP) is 0.724. The molecule has 0 aromatic carbocycles. The summed E-state index contributed by atoms with van der Waals surface area (Å²) in [6, 6.07) is 1.79. The highest BCUT2D eigenvalue weighted by Gasteiger charge is 2.16. The van der Waals surface area contributed by atoms with Gasteiger partial charge in [-0.2, -0.15) is 10.2 Å². The summed E-state index contributed by atoms with van der Waals surface area (Å²) in [4.78, 5) is 13.7. The largest absolute Gasteiger partial charge is 0.336 e. The van der Waals surface area contributed by atoms with E-state index in [0.29, 0.717) is 12.2 Å². The monoisotopic (exact) mass is 233 g/mol. The van der Waals surface area contributed by atoms with Crippen LogP contribution in [-0.2, 0) is 13.6 Å². The van der Waals surface area contributed by atoms with E-state index in [0.717, 1.165) is 11.3 Å². The van der Waals surface area contributed by atoms with Crippen LogP contribution in [0, 0.1) is 6.92 Å². The SMILES string of the molecule is Cc1cc(C(=O)N(C)Cc2cn[nH]c2)nn1C. The summed E-state index contributed by atoms with van der Waals surface area (Å²) < 4.78 is 1.69. The molecule has 17 heavy (non-hydrogen) atoms. The number of nitrogens with one attached hydrogen (secondary N) is 1. The minimum absolute atomic E-state index is 0.0881. The number of rotatable bonds is 3. The lowest BCUT2D eigenvalue weighted by molar-refractivity contribution is 0.0778. The van der Waals surface area contributed by atoms with Gasteiger partial charge in [-0.25, -0.2) is 0 Å². The second-order valence-corrected chi connectivity index (χ2v) is 4.06. The van der Waals surface area contributed by atoms with Crippen molar-refractivity contribution >= 4 is 5.91 Å². The number of amides is 1. The molecule has 2 heterocycles. The van der Waals surface area contributed by atoms with E-state index in [1.165, 1.54) is 0 Å². The maximum atomic E-state index is 12.1. The molecule has 1 N–H and O–H groups in total. The molecule has 2 rings (SSSR count). The lowest BCUT2D eigenvalue weighted by Gasteiger charge is -2.14. The van der Waals surface area contributed by atoms with Gasteiger partial charge in [0, 0.05) is 38.1 Å². The van der Waals surface area contributed by atoms with Crippen LogP contribution in [0.2, 0.25) is 0 Å². The summed E-state index contributed by atoms with van der Waals surface area (Å²) in [5.41, 5.74) is 2.40. The second-order valence-electron chi connectivity index (χ2n) is 4.06. The van der Waals surface area contributed by atoms with Crippen molar-refractivity contribution in [3.05, 3.63) is 35.4 Å². The number of aromatic nitrogens is 4. The van der Waals surface area contributed by atoms with Crippen molar-refractivity contribution in [1.82, 2.24) is 24.9 Å². The average molecular weight is 233 g/mol. The van der Waals surface area contributed by atoms with E-state index in [-0.39, 0.29) is 5.91 Å². The summed E-state index contributed by atoms with van der Waals surface area (Å²) in [7, 11) is 3.57. The second kappa shape index (κ2) is 4.40.